The summed E-state index contributed by atoms with van der Waals surface area (Å²) >= 11 is 0. The van der Waals surface area contributed by atoms with Gasteiger partial charge in [-0.2, -0.15) is 0 Å². The molecule has 1 saturated heterocycles. The van der Waals surface area contributed by atoms with Gasteiger partial charge in [-0.05, 0) is 30.6 Å². The Morgan fingerprint density at radius 3 is 2.76 bits per heavy atom. The van der Waals surface area contributed by atoms with E-state index in [1.54, 1.807) is 0 Å². The van der Waals surface area contributed by atoms with E-state index in [4.69, 9.17) is 4.74 Å². The summed E-state index contributed by atoms with van der Waals surface area (Å²) < 4.78 is 19.0. The lowest BCUT2D eigenvalue weighted by atomic mass is 10.0. The number of nitrogens with zero attached hydrogens (tertiary/aromatic N) is 1. The number of rotatable bonds is 3. The number of allylic oxidation sites excluding steroid dienone is 1. The molecule has 1 fully saturated rings. The molecule has 1 unspecified atom stereocenters. The lowest BCUT2D eigenvalue weighted by molar-refractivity contribution is -0.104. The van der Waals surface area contributed by atoms with E-state index in [9.17, 15) is 14.0 Å². The van der Waals surface area contributed by atoms with Gasteiger partial charge in [0.05, 0.1) is 6.54 Å². The molecule has 1 atom stereocenters. The number of alkyl halides is 1. The molecular weight excluding hydrogens is 273 g/mol. The van der Waals surface area contributed by atoms with E-state index >= 15 is 0 Å². The maximum absolute atomic E-state index is 13.8. The van der Waals surface area contributed by atoms with Crippen molar-refractivity contribution in [3.63, 3.8) is 0 Å². The highest BCUT2D eigenvalue weighted by molar-refractivity contribution is 5.69. The maximum Gasteiger partial charge on any atom is 0.410 e. The summed E-state index contributed by atoms with van der Waals surface area (Å²) in [4.78, 5) is 23.6. The van der Waals surface area contributed by atoms with Crippen LogP contribution in [0.25, 0.3) is 0 Å². The molecule has 5 heteroatoms. The fourth-order valence-electron chi connectivity index (χ4n) is 2.18. The Labute approximate surface area is 123 Å². The Hall–Kier alpha value is -2.17. The molecule has 0 saturated carbocycles. The number of hydrogen-bond donors (Lipinski definition) is 0. The lowest BCUT2D eigenvalue weighted by Gasteiger charge is -2.30. The molecule has 0 bridgehead atoms. The zero-order valence-corrected chi connectivity index (χ0v) is 11.9. The number of aryl methyl sites for hydroxylation is 1. The normalized spacial score (nSPS) is 20.4. The summed E-state index contributed by atoms with van der Waals surface area (Å²) in [7, 11) is 0. The number of carbonyl (C=O) groups is 2. The number of ether oxygens (including phenoxy) is 1. The van der Waals surface area contributed by atoms with Crippen LogP contribution in [-0.4, -0.2) is 36.5 Å². The topological polar surface area (TPSA) is 46.6 Å². The van der Waals surface area contributed by atoms with Gasteiger partial charge < -0.3 is 9.64 Å². The van der Waals surface area contributed by atoms with Crippen molar-refractivity contribution in [3.05, 3.63) is 47.0 Å². The summed E-state index contributed by atoms with van der Waals surface area (Å²) in [5.74, 6) is 0. The molecule has 4 nitrogen and oxygen atoms in total. The third-order valence-electron chi connectivity index (χ3n) is 3.48. The number of piperidine rings is 1. The van der Waals surface area contributed by atoms with E-state index in [-0.39, 0.29) is 13.2 Å². The monoisotopic (exact) mass is 291 g/mol. The van der Waals surface area contributed by atoms with Gasteiger partial charge in [0, 0.05) is 6.54 Å². The van der Waals surface area contributed by atoms with Gasteiger partial charge in [0.15, 0.2) is 0 Å². The van der Waals surface area contributed by atoms with Gasteiger partial charge in [0.1, 0.15) is 19.1 Å². The molecule has 2 rings (SSSR count). The maximum atomic E-state index is 13.8. The minimum absolute atomic E-state index is 0.0631. The minimum Gasteiger partial charge on any atom is -0.445 e. The first-order chi connectivity index (χ1) is 10.1. The summed E-state index contributed by atoms with van der Waals surface area (Å²) in [6.45, 7) is 2.46. The molecular formula is C16H18FNO3. The van der Waals surface area contributed by atoms with Crippen LogP contribution in [0.15, 0.2) is 35.9 Å². The Morgan fingerprint density at radius 2 is 2.14 bits per heavy atom. The predicted molar refractivity (Wildman–Crippen MR) is 76.6 cm³/mol. The van der Waals surface area contributed by atoms with Crippen LogP contribution in [0.3, 0.4) is 0 Å². The van der Waals surface area contributed by atoms with Crippen molar-refractivity contribution in [1.29, 1.82) is 0 Å². The number of amides is 1. The van der Waals surface area contributed by atoms with Gasteiger partial charge in [-0.3, -0.25) is 4.79 Å². The average molecular weight is 291 g/mol. The Bertz CT molecular complexity index is 539. The summed E-state index contributed by atoms with van der Waals surface area (Å²) in [5, 5.41) is 0. The average Bonchev–Trinajstić information content (AvgIpc) is 2.48. The second kappa shape index (κ2) is 7.02. The third kappa shape index (κ3) is 4.15. The molecule has 0 radical (unpaired) electrons. The van der Waals surface area contributed by atoms with Crippen molar-refractivity contribution in [2.75, 3.05) is 13.1 Å². The van der Waals surface area contributed by atoms with Gasteiger partial charge in [-0.1, -0.05) is 29.8 Å². The number of likely N-dealkylation sites (tertiary alicyclic amines) is 1. The van der Waals surface area contributed by atoms with Gasteiger partial charge in [-0.15, -0.1) is 0 Å². The molecule has 1 amide bonds. The zero-order valence-electron chi connectivity index (χ0n) is 11.9. The number of carbonyl (C=O) groups excluding carboxylic acids is 2. The molecule has 1 aromatic carbocycles. The molecule has 0 aliphatic carbocycles. The van der Waals surface area contributed by atoms with Crippen LogP contribution in [-0.2, 0) is 16.1 Å². The number of benzene rings is 1. The highest BCUT2D eigenvalue weighted by Gasteiger charge is 2.27. The van der Waals surface area contributed by atoms with E-state index in [2.05, 4.69) is 0 Å². The minimum atomic E-state index is -1.30. The second-order valence-corrected chi connectivity index (χ2v) is 5.08. The van der Waals surface area contributed by atoms with Crippen LogP contribution in [0, 0.1) is 6.92 Å². The van der Waals surface area contributed by atoms with E-state index < -0.39 is 12.3 Å². The molecule has 1 aliphatic rings. The van der Waals surface area contributed by atoms with Crippen molar-refractivity contribution in [2.24, 2.45) is 0 Å². The highest BCUT2D eigenvalue weighted by atomic mass is 19.1. The number of hydrogen-bond acceptors (Lipinski definition) is 3. The standard InChI is InChI=1S/C16H18FNO3/c1-12-2-4-13(5-3-12)11-21-16(20)18-8-6-14(7-9-19)15(17)10-18/h2-5,7,9,15H,6,8,10-11H2,1H3/b14-7+. The van der Waals surface area contributed by atoms with E-state index in [0.29, 0.717) is 24.8 Å². The summed E-state index contributed by atoms with van der Waals surface area (Å²) in [6, 6.07) is 7.67. The van der Waals surface area contributed by atoms with Gasteiger partial charge in [0.25, 0.3) is 0 Å². The van der Waals surface area contributed by atoms with Crippen molar-refractivity contribution in [1.82, 2.24) is 4.90 Å². The zero-order chi connectivity index (χ0) is 15.2. The lowest BCUT2D eigenvalue weighted by Crippen LogP contribution is -2.42. The van der Waals surface area contributed by atoms with Crippen molar-refractivity contribution < 1.29 is 18.7 Å². The van der Waals surface area contributed by atoms with Gasteiger partial charge >= 0.3 is 6.09 Å². The molecule has 0 aromatic heterocycles. The number of aldehydes is 1. The molecule has 1 aliphatic heterocycles. The third-order valence-corrected chi connectivity index (χ3v) is 3.48. The fourth-order valence-corrected chi connectivity index (χ4v) is 2.18. The van der Waals surface area contributed by atoms with Crippen LogP contribution < -0.4 is 0 Å². The van der Waals surface area contributed by atoms with Crippen LogP contribution >= 0.6 is 0 Å². The van der Waals surface area contributed by atoms with Crippen LogP contribution in [0.1, 0.15) is 17.5 Å². The first-order valence-corrected chi connectivity index (χ1v) is 6.85. The summed E-state index contributed by atoms with van der Waals surface area (Å²) in [5.41, 5.74) is 2.47. The predicted octanol–water partition coefficient (Wildman–Crippen LogP) is 2.80. The van der Waals surface area contributed by atoms with E-state index in [1.807, 2.05) is 31.2 Å². The Balaban J connectivity index is 1.85. The Morgan fingerprint density at radius 1 is 1.43 bits per heavy atom. The van der Waals surface area contributed by atoms with Crippen LogP contribution in [0.2, 0.25) is 0 Å². The fraction of sp³-hybridized carbons (Fsp3) is 0.375. The molecule has 112 valence electrons. The van der Waals surface area contributed by atoms with Crippen LogP contribution in [0.5, 0.6) is 0 Å². The highest BCUT2D eigenvalue weighted by Crippen LogP contribution is 2.20. The summed E-state index contributed by atoms with van der Waals surface area (Å²) in [6.07, 6.45) is 0.353. The Kier molecular flexibility index (Phi) is 5.09. The van der Waals surface area contributed by atoms with Crippen molar-refractivity contribution >= 4 is 12.4 Å². The molecule has 0 spiro atoms. The first-order valence-electron chi connectivity index (χ1n) is 6.85. The molecule has 21 heavy (non-hydrogen) atoms. The number of halogens is 1. The first kappa shape index (κ1) is 15.2. The van der Waals surface area contributed by atoms with Gasteiger partial charge in [0.2, 0.25) is 0 Å². The van der Waals surface area contributed by atoms with Gasteiger partial charge in [-0.25, -0.2) is 9.18 Å². The molecule has 1 heterocycles. The second-order valence-electron chi connectivity index (χ2n) is 5.08. The van der Waals surface area contributed by atoms with E-state index in [1.165, 1.54) is 11.0 Å². The largest absolute Gasteiger partial charge is 0.445 e. The van der Waals surface area contributed by atoms with Crippen LogP contribution in [0.4, 0.5) is 9.18 Å². The van der Waals surface area contributed by atoms with Crippen molar-refractivity contribution in [2.45, 2.75) is 26.1 Å². The molecule has 1 aromatic rings. The van der Waals surface area contributed by atoms with E-state index in [0.717, 1.165) is 11.1 Å². The smallest absolute Gasteiger partial charge is 0.410 e. The quantitative estimate of drug-likeness (QED) is 0.635. The molecule has 0 N–H and O–H groups in total. The van der Waals surface area contributed by atoms with Crippen molar-refractivity contribution in [3.8, 4) is 0 Å². The SMILES string of the molecule is Cc1ccc(COC(=O)N2CC/C(=C\C=O)C(F)C2)cc1.